The van der Waals surface area contributed by atoms with Crippen molar-refractivity contribution in [3.63, 3.8) is 0 Å². The van der Waals surface area contributed by atoms with E-state index in [-0.39, 0.29) is 11.6 Å². The van der Waals surface area contributed by atoms with Crippen LogP contribution in [0.4, 0.5) is 0 Å². The molecule has 0 aliphatic heterocycles. The van der Waals surface area contributed by atoms with Gasteiger partial charge in [-0.1, -0.05) is 0 Å². The van der Waals surface area contributed by atoms with Crippen LogP contribution in [0.5, 0.6) is 0 Å². The molecule has 0 fully saturated rings. The van der Waals surface area contributed by atoms with Gasteiger partial charge in [0.25, 0.3) is 11.5 Å². The number of thiazole rings is 1. The number of carbonyl (C=O) groups excluding carboxylic acids is 1. The van der Waals surface area contributed by atoms with Crippen molar-refractivity contribution in [3.8, 4) is 0 Å². The Kier molecular flexibility index (Phi) is 4.08. The zero-order valence-corrected chi connectivity index (χ0v) is 13.0. The van der Waals surface area contributed by atoms with E-state index in [0.717, 1.165) is 20.1 Å². The van der Waals surface area contributed by atoms with Crippen molar-refractivity contribution in [2.45, 2.75) is 26.8 Å². The second-order valence-electron chi connectivity index (χ2n) is 4.78. The van der Waals surface area contributed by atoms with Crippen LogP contribution in [0.3, 0.4) is 0 Å². The molecule has 2 aromatic rings. The van der Waals surface area contributed by atoms with Crippen molar-refractivity contribution in [2.75, 3.05) is 0 Å². The van der Waals surface area contributed by atoms with E-state index in [1.54, 1.807) is 18.3 Å². The molecule has 7 nitrogen and oxygen atoms in total. The summed E-state index contributed by atoms with van der Waals surface area (Å²) in [5.74, 6) is -0.538. The number of aryl methyl sites for hydroxylation is 3. The lowest BCUT2D eigenvalue weighted by Gasteiger charge is -2.12. The molecule has 112 valence electrons. The Morgan fingerprint density at radius 1 is 1.43 bits per heavy atom. The first-order valence-corrected chi connectivity index (χ1v) is 7.16. The number of aromatic nitrogens is 3. The Morgan fingerprint density at radius 2 is 2.10 bits per heavy atom. The average molecular weight is 308 g/mol. The van der Waals surface area contributed by atoms with Crippen LogP contribution >= 0.6 is 11.3 Å². The molecule has 8 heteroatoms. The lowest BCUT2D eigenvalue weighted by atomic mass is 10.2. The molecule has 0 bridgehead atoms. The summed E-state index contributed by atoms with van der Waals surface area (Å²) < 4.78 is 1.15. The molecule has 0 aliphatic carbocycles. The normalized spacial score (nSPS) is 12.2. The molecule has 2 N–H and O–H groups in total. The number of hydrogen-bond acceptors (Lipinski definition) is 5. The van der Waals surface area contributed by atoms with E-state index in [1.165, 1.54) is 13.2 Å². The molecule has 2 heterocycles. The molecule has 0 aromatic carbocycles. The number of rotatable bonds is 3. The molecule has 0 radical (unpaired) electrons. The SMILES string of the molecule is Cc1nc(C(C)NC(=O)c2cn(C)c(=O)[nH]c2=O)c(C)s1. The second-order valence-corrected chi connectivity index (χ2v) is 6.19. The summed E-state index contributed by atoms with van der Waals surface area (Å²) in [6.07, 6.45) is 1.22. The van der Waals surface area contributed by atoms with Crippen molar-refractivity contribution >= 4 is 17.2 Å². The van der Waals surface area contributed by atoms with Gasteiger partial charge in [-0.15, -0.1) is 11.3 Å². The van der Waals surface area contributed by atoms with E-state index in [9.17, 15) is 14.4 Å². The van der Waals surface area contributed by atoms with E-state index in [1.807, 2.05) is 13.8 Å². The lowest BCUT2D eigenvalue weighted by Crippen LogP contribution is -2.37. The minimum absolute atomic E-state index is 0.103. The first-order valence-electron chi connectivity index (χ1n) is 6.34. The summed E-state index contributed by atoms with van der Waals surface area (Å²) in [5, 5.41) is 3.64. The third-order valence-corrected chi connectivity index (χ3v) is 3.95. The molecule has 21 heavy (non-hydrogen) atoms. The van der Waals surface area contributed by atoms with Crippen LogP contribution in [0.15, 0.2) is 15.8 Å². The Labute approximate surface area is 124 Å². The number of aromatic amines is 1. The summed E-state index contributed by atoms with van der Waals surface area (Å²) in [6.45, 7) is 5.63. The van der Waals surface area contributed by atoms with E-state index in [4.69, 9.17) is 0 Å². The monoisotopic (exact) mass is 308 g/mol. The molecule has 2 aromatic heterocycles. The highest BCUT2D eigenvalue weighted by Gasteiger charge is 2.18. The Morgan fingerprint density at radius 3 is 2.67 bits per heavy atom. The molecule has 1 unspecified atom stereocenters. The van der Waals surface area contributed by atoms with Gasteiger partial charge in [0.15, 0.2) is 0 Å². The molecule has 1 amide bonds. The third-order valence-electron chi connectivity index (χ3n) is 3.05. The molecule has 0 aliphatic rings. The number of H-pyrrole nitrogens is 1. The molecule has 0 spiro atoms. The molecular weight excluding hydrogens is 292 g/mol. The number of amides is 1. The maximum absolute atomic E-state index is 12.2. The van der Waals surface area contributed by atoms with Crippen molar-refractivity contribution in [1.29, 1.82) is 0 Å². The number of nitrogens with one attached hydrogen (secondary N) is 2. The van der Waals surface area contributed by atoms with Gasteiger partial charge in [0.2, 0.25) is 0 Å². The summed E-state index contributed by atoms with van der Waals surface area (Å²) in [6, 6.07) is -0.320. The highest BCUT2D eigenvalue weighted by molar-refractivity contribution is 7.11. The molecular formula is C13H16N4O3S. The van der Waals surface area contributed by atoms with Gasteiger partial charge in [0, 0.05) is 18.1 Å². The molecule has 0 saturated carbocycles. The topological polar surface area (TPSA) is 96.8 Å². The number of hydrogen-bond donors (Lipinski definition) is 2. The number of nitrogens with zero attached hydrogens (tertiary/aromatic N) is 2. The van der Waals surface area contributed by atoms with Gasteiger partial charge in [0.05, 0.1) is 16.7 Å². The van der Waals surface area contributed by atoms with Crippen molar-refractivity contribution in [1.82, 2.24) is 19.9 Å². The Bertz CT molecular complexity index is 802. The minimum Gasteiger partial charge on any atom is -0.344 e. The first kappa shape index (κ1) is 15.2. The van der Waals surface area contributed by atoms with Crippen molar-refractivity contribution in [2.24, 2.45) is 7.05 Å². The van der Waals surface area contributed by atoms with E-state index < -0.39 is 17.2 Å². The fraction of sp³-hybridized carbons (Fsp3) is 0.385. The van der Waals surface area contributed by atoms with Crippen LogP contribution in [0.2, 0.25) is 0 Å². The van der Waals surface area contributed by atoms with Crippen LogP contribution in [0.1, 0.15) is 38.9 Å². The van der Waals surface area contributed by atoms with Crippen LogP contribution < -0.4 is 16.6 Å². The zero-order chi connectivity index (χ0) is 15.7. The summed E-state index contributed by atoms with van der Waals surface area (Å²) in [4.78, 5) is 42.6. The van der Waals surface area contributed by atoms with Gasteiger partial charge in [-0.2, -0.15) is 0 Å². The highest BCUT2D eigenvalue weighted by Crippen LogP contribution is 2.22. The van der Waals surface area contributed by atoms with Crippen molar-refractivity contribution < 1.29 is 4.79 Å². The smallest absolute Gasteiger partial charge is 0.328 e. The largest absolute Gasteiger partial charge is 0.344 e. The van der Waals surface area contributed by atoms with E-state index >= 15 is 0 Å². The zero-order valence-electron chi connectivity index (χ0n) is 12.2. The minimum atomic E-state index is -0.700. The highest BCUT2D eigenvalue weighted by atomic mass is 32.1. The Hall–Kier alpha value is -2.22. The molecule has 1 atom stereocenters. The van der Waals surface area contributed by atoms with E-state index in [0.29, 0.717) is 0 Å². The molecule has 2 rings (SSSR count). The van der Waals surface area contributed by atoms with Crippen molar-refractivity contribution in [3.05, 3.63) is 48.2 Å². The quantitative estimate of drug-likeness (QED) is 0.869. The lowest BCUT2D eigenvalue weighted by molar-refractivity contribution is 0.0936. The standard InChI is InChI=1S/C13H16N4O3S/c1-6(10-7(2)21-8(3)15-10)14-11(18)9-5-17(4)13(20)16-12(9)19/h5-6H,1-4H3,(H,14,18)(H,16,19,20). The first-order chi connectivity index (χ1) is 9.79. The maximum atomic E-state index is 12.2. The van der Waals surface area contributed by atoms with Gasteiger partial charge in [-0.3, -0.25) is 14.6 Å². The van der Waals surface area contributed by atoms with Gasteiger partial charge in [-0.25, -0.2) is 9.78 Å². The van der Waals surface area contributed by atoms with Crippen LogP contribution in [-0.4, -0.2) is 20.4 Å². The average Bonchev–Trinajstić information content (AvgIpc) is 2.72. The second kappa shape index (κ2) is 5.65. The summed E-state index contributed by atoms with van der Waals surface area (Å²) in [7, 11) is 1.46. The molecule has 0 saturated heterocycles. The summed E-state index contributed by atoms with van der Waals surface area (Å²) >= 11 is 1.55. The maximum Gasteiger partial charge on any atom is 0.328 e. The predicted molar refractivity (Wildman–Crippen MR) is 79.8 cm³/mol. The Balaban J connectivity index is 2.26. The van der Waals surface area contributed by atoms with Gasteiger partial charge in [0.1, 0.15) is 5.56 Å². The van der Waals surface area contributed by atoms with Gasteiger partial charge in [-0.05, 0) is 20.8 Å². The van der Waals surface area contributed by atoms with Gasteiger partial charge >= 0.3 is 5.69 Å². The third kappa shape index (κ3) is 3.10. The summed E-state index contributed by atoms with van der Waals surface area (Å²) in [5.41, 5.74) is -0.579. The van der Waals surface area contributed by atoms with E-state index in [2.05, 4.69) is 15.3 Å². The van der Waals surface area contributed by atoms with Crippen LogP contribution in [-0.2, 0) is 7.05 Å². The van der Waals surface area contributed by atoms with Crippen LogP contribution in [0, 0.1) is 13.8 Å². The predicted octanol–water partition coefficient (Wildman–Crippen LogP) is 0.638. The van der Waals surface area contributed by atoms with Crippen LogP contribution in [0.25, 0.3) is 0 Å². The fourth-order valence-electron chi connectivity index (χ4n) is 2.01. The fourth-order valence-corrected chi connectivity index (χ4v) is 2.93. The van der Waals surface area contributed by atoms with Gasteiger partial charge < -0.3 is 9.88 Å². The number of carbonyl (C=O) groups is 1.